The van der Waals surface area contributed by atoms with Crippen molar-refractivity contribution < 1.29 is 14.5 Å². The maximum atomic E-state index is 12.0. The van der Waals surface area contributed by atoms with Gasteiger partial charge in [0.15, 0.2) is 10.2 Å². The lowest BCUT2D eigenvalue weighted by molar-refractivity contribution is -0.384. The summed E-state index contributed by atoms with van der Waals surface area (Å²) in [5.41, 5.74) is 1.28. The minimum absolute atomic E-state index is 0.0481. The second-order valence-corrected chi connectivity index (χ2v) is 7.15. The molecule has 29 heavy (non-hydrogen) atoms. The molecule has 1 aromatic heterocycles. The molecule has 0 radical (unpaired) electrons. The third-order valence-corrected chi connectivity index (χ3v) is 4.77. The molecule has 8 nitrogen and oxygen atoms in total. The summed E-state index contributed by atoms with van der Waals surface area (Å²) >= 11 is 6.53. The van der Waals surface area contributed by atoms with E-state index in [4.69, 9.17) is 17.0 Å². The highest BCUT2D eigenvalue weighted by atomic mass is 32.1. The number of benzene rings is 2. The number of carbonyl (C=O) groups excluding carboxylic acids is 1. The number of non-ortho nitro benzene ring substituents is 1. The lowest BCUT2D eigenvalue weighted by Crippen LogP contribution is -2.32. The van der Waals surface area contributed by atoms with Crippen LogP contribution in [0.2, 0.25) is 0 Å². The van der Waals surface area contributed by atoms with E-state index in [1.807, 2.05) is 25.1 Å². The van der Waals surface area contributed by atoms with Crippen molar-refractivity contribution in [2.45, 2.75) is 6.92 Å². The number of anilines is 1. The van der Waals surface area contributed by atoms with Gasteiger partial charge in [0.2, 0.25) is 5.91 Å². The summed E-state index contributed by atoms with van der Waals surface area (Å²) in [5.74, 6) is 0.297. The topological polar surface area (TPSA) is 106 Å². The third-order valence-electron chi connectivity index (χ3n) is 3.64. The molecule has 0 aliphatic heterocycles. The van der Waals surface area contributed by atoms with E-state index in [0.717, 1.165) is 16.0 Å². The maximum absolute atomic E-state index is 12.0. The minimum Gasteiger partial charge on any atom is -0.494 e. The fourth-order valence-electron chi connectivity index (χ4n) is 2.41. The van der Waals surface area contributed by atoms with Crippen LogP contribution in [0.1, 0.15) is 12.5 Å². The van der Waals surface area contributed by atoms with Gasteiger partial charge in [0.1, 0.15) is 5.75 Å². The van der Waals surface area contributed by atoms with Crippen LogP contribution >= 0.6 is 23.6 Å². The number of ether oxygens (including phenoxy) is 1. The number of rotatable bonds is 6. The lowest BCUT2D eigenvalue weighted by Gasteiger charge is -2.04. The van der Waals surface area contributed by atoms with Crippen LogP contribution in [-0.2, 0) is 4.79 Å². The fraction of sp³-hybridized carbons (Fsp3) is 0.105. The Labute approximate surface area is 175 Å². The molecule has 10 heteroatoms. The molecule has 2 N–H and O–H groups in total. The van der Waals surface area contributed by atoms with E-state index in [0.29, 0.717) is 17.3 Å². The Morgan fingerprint density at radius 3 is 2.93 bits per heavy atom. The largest absolute Gasteiger partial charge is 0.494 e. The maximum Gasteiger partial charge on any atom is 0.270 e. The Morgan fingerprint density at radius 2 is 2.17 bits per heavy atom. The molecule has 1 heterocycles. The normalized spacial score (nSPS) is 10.8. The molecule has 0 bridgehead atoms. The molecule has 148 valence electrons. The fourth-order valence-corrected chi connectivity index (χ4v) is 3.57. The molecule has 0 aliphatic carbocycles. The van der Waals surface area contributed by atoms with Gasteiger partial charge in [-0.1, -0.05) is 23.5 Å². The van der Waals surface area contributed by atoms with E-state index in [9.17, 15) is 14.9 Å². The van der Waals surface area contributed by atoms with E-state index in [1.165, 1.54) is 35.6 Å². The molecule has 0 saturated carbocycles. The van der Waals surface area contributed by atoms with Crippen LogP contribution in [0.25, 0.3) is 16.3 Å². The van der Waals surface area contributed by atoms with Crippen LogP contribution in [0.4, 0.5) is 10.8 Å². The van der Waals surface area contributed by atoms with E-state index in [-0.39, 0.29) is 10.8 Å². The van der Waals surface area contributed by atoms with Gasteiger partial charge in [0, 0.05) is 18.2 Å². The number of carbonyl (C=O) groups is 1. The van der Waals surface area contributed by atoms with Crippen LogP contribution in [0.3, 0.4) is 0 Å². The highest BCUT2D eigenvalue weighted by Gasteiger charge is 2.08. The van der Waals surface area contributed by atoms with Crippen LogP contribution in [0.15, 0.2) is 48.5 Å². The Balaban J connectivity index is 1.60. The first-order chi connectivity index (χ1) is 13.9. The second kappa shape index (κ2) is 9.22. The summed E-state index contributed by atoms with van der Waals surface area (Å²) < 4.78 is 6.40. The molecule has 3 aromatic rings. The van der Waals surface area contributed by atoms with Gasteiger partial charge in [-0.3, -0.25) is 20.2 Å². The highest BCUT2D eigenvalue weighted by Crippen LogP contribution is 2.29. The number of thiazole rings is 1. The first-order valence-corrected chi connectivity index (χ1v) is 9.75. The van der Waals surface area contributed by atoms with Gasteiger partial charge >= 0.3 is 0 Å². The smallest absolute Gasteiger partial charge is 0.270 e. The van der Waals surface area contributed by atoms with Gasteiger partial charge in [-0.15, -0.1) is 0 Å². The number of amides is 1. The molecule has 0 saturated heterocycles. The summed E-state index contributed by atoms with van der Waals surface area (Å²) in [6.07, 6.45) is 2.72. The van der Waals surface area contributed by atoms with Gasteiger partial charge < -0.3 is 10.1 Å². The summed E-state index contributed by atoms with van der Waals surface area (Å²) in [7, 11) is 0. The van der Waals surface area contributed by atoms with Crippen LogP contribution < -0.4 is 15.4 Å². The van der Waals surface area contributed by atoms with Gasteiger partial charge in [0.05, 0.1) is 21.7 Å². The average Bonchev–Trinajstić information content (AvgIpc) is 3.08. The number of nitrogens with zero attached hydrogens (tertiary/aromatic N) is 2. The molecule has 0 unspecified atom stereocenters. The number of nitrogens with one attached hydrogen (secondary N) is 2. The lowest BCUT2D eigenvalue weighted by atomic mass is 10.2. The van der Waals surface area contributed by atoms with Crippen LogP contribution in [-0.4, -0.2) is 27.5 Å². The molecule has 2 aromatic carbocycles. The molecule has 0 aliphatic rings. The summed E-state index contributed by atoms with van der Waals surface area (Å²) in [5, 5.41) is 16.8. The van der Waals surface area contributed by atoms with Gasteiger partial charge in [-0.25, -0.2) is 4.98 Å². The van der Waals surface area contributed by atoms with Crippen molar-refractivity contribution in [3.63, 3.8) is 0 Å². The van der Waals surface area contributed by atoms with Crippen molar-refractivity contribution in [2.75, 3.05) is 11.9 Å². The van der Waals surface area contributed by atoms with Crippen molar-refractivity contribution in [1.82, 2.24) is 10.3 Å². The molecule has 0 fully saturated rings. The summed E-state index contributed by atoms with van der Waals surface area (Å²) in [6.45, 7) is 2.49. The molecule has 0 spiro atoms. The number of fused-ring (bicyclic) bond motifs is 1. The van der Waals surface area contributed by atoms with Crippen molar-refractivity contribution >= 4 is 61.7 Å². The van der Waals surface area contributed by atoms with Gasteiger partial charge in [0.25, 0.3) is 5.69 Å². The number of hydrogen-bond donors (Lipinski definition) is 2. The number of thiocarbonyl (C=S) groups is 1. The highest BCUT2D eigenvalue weighted by molar-refractivity contribution is 7.80. The molecule has 0 atom stereocenters. The quantitative estimate of drug-likeness (QED) is 0.263. The first kappa shape index (κ1) is 20.4. The Bertz CT molecular complexity index is 1110. The number of nitro groups is 1. The van der Waals surface area contributed by atoms with E-state index < -0.39 is 10.8 Å². The Kier molecular flexibility index (Phi) is 6.47. The monoisotopic (exact) mass is 428 g/mol. The van der Waals surface area contributed by atoms with Crippen LogP contribution in [0.5, 0.6) is 5.75 Å². The van der Waals surface area contributed by atoms with Crippen molar-refractivity contribution in [1.29, 1.82) is 0 Å². The van der Waals surface area contributed by atoms with Crippen molar-refractivity contribution in [3.05, 3.63) is 64.2 Å². The number of aromatic nitrogens is 1. The third kappa shape index (κ3) is 5.56. The van der Waals surface area contributed by atoms with Crippen LogP contribution in [0, 0.1) is 10.1 Å². The predicted molar refractivity (Wildman–Crippen MR) is 117 cm³/mol. The SMILES string of the molecule is CCOc1ccc2nc(NC(=S)NC(=O)C=Cc3cccc([N+](=O)[O-])c3)sc2c1. The molecule has 1 amide bonds. The first-order valence-electron chi connectivity index (χ1n) is 8.52. The van der Waals surface area contributed by atoms with Gasteiger partial charge in [-0.2, -0.15) is 0 Å². The van der Waals surface area contributed by atoms with E-state index in [2.05, 4.69) is 15.6 Å². The van der Waals surface area contributed by atoms with Gasteiger partial charge in [-0.05, 0) is 49.0 Å². The van der Waals surface area contributed by atoms with Crippen molar-refractivity contribution in [3.8, 4) is 5.75 Å². The Hall–Kier alpha value is -3.37. The molecule has 3 rings (SSSR count). The number of nitro benzene ring substituents is 1. The standard InChI is InChI=1S/C19H16N4O4S2/c1-2-27-14-7-8-15-16(11-14)29-19(20-15)22-18(28)21-17(24)9-6-12-4-3-5-13(10-12)23(25)26/h3-11H,2H2,1H3,(H2,20,21,22,24,28). The Morgan fingerprint density at radius 1 is 1.34 bits per heavy atom. The minimum atomic E-state index is -0.494. The molecular weight excluding hydrogens is 412 g/mol. The second-order valence-electron chi connectivity index (χ2n) is 5.71. The summed E-state index contributed by atoms with van der Waals surface area (Å²) in [6, 6.07) is 11.5. The predicted octanol–water partition coefficient (Wildman–Crippen LogP) is 4.13. The zero-order valence-corrected chi connectivity index (χ0v) is 16.9. The summed E-state index contributed by atoms with van der Waals surface area (Å²) in [4.78, 5) is 26.7. The van der Waals surface area contributed by atoms with E-state index in [1.54, 1.807) is 12.1 Å². The average molecular weight is 428 g/mol. The number of hydrogen-bond acceptors (Lipinski definition) is 7. The zero-order valence-electron chi connectivity index (χ0n) is 15.2. The van der Waals surface area contributed by atoms with Crippen molar-refractivity contribution in [2.24, 2.45) is 0 Å². The molecular formula is C19H16N4O4S2. The zero-order chi connectivity index (χ0) is 20.8. The van der Waals surface area contributed by atoms with E-state index >= 15 is 0 Å².